The second-order valence-electron chi connectivity index (χ2n) is 4.29. The monoisotopic (exact) mass is 238 g/mol. The molecule has 1 saturated heterocycles. The third kappa shape index (κ3) is 2.78. The zero-order valence-corrected chi connectivity index (χ0v) is 10.6. The molecule has 0 saturated carbocycles. The molecule has 16 heavy (non-hydrogen) atoms. The van der Waals surface area contributed by atoms with Crippen molar-refractivity contribution in [3.8, 4) is 0 Å². The summed E-state index contributed by atoms with van der Waals surface area (Å²) in [7, 11) is 1.86. The van der Waals surface area contributed by atoms with Gasteiger partial charge >= 0.3 is 0 Å². The lowest BCUT2D eigenvalue weighted by Crippen LogP contribution is -2.27. The minimum absolute atomic E-state index is 0.366. The van der Waals surface area contributed by atoms with Gasteiger partial charge in [-0.25, -0.2) is 9.97 Å². The van der Waals surface area contributed by atoms with Crippen molar-refractivity contribution in [3.05, 3.63) is 12.4 Å². The maximum atomic E-state index is 4.21. The molecule has 2 N–H and O–H groups in total. The van der Waals surface area contributed by atoms with E-state index in [9.17, 15) is 0 Å². The van der Waals surface area contributed by atoms with E-state index in [1.807, 2.05) is 13.1 Å². The van der Waals surface area contributed by atoms with E-state index in [0.717, 1.165) is 18.2 Å². The molecule has 1 aliphatic heterocycles. The van der Waals surface area contributed by atoms with Crippen LogP contribution in [0.25, 0.3) is 0 Å². The highest BCUT2D eigenvalue weighted by molar-refractivity contribution is 8.00. The van der Waals surface area contributed by atoms with Gasteiger partial charge < -0.3 is 10.6 Å². The van der Waals surface area contributed by atoms with Crippen LogP contribution in [-0.2, 0) is 0 Å². The van der Waals surface area contributed by atoms with Crippen molar-refractivity contribution in [2.75, 3.05) is 30.0 Å². The van der Waals surface area contributed by atoms with Gasteiger partial charge in [0.1, 0.15) is 18.0 Å². The lowest BCUT2D eigenvalue weighted by Gasteiger charge is -2.23. The van der Waals surface area contributed by atoms with E-state index in [-0.39, 0.29) is 0 Å². The molecule has 0 radical (unpaired) electrons. The number of nitrogens with zero attached hydrogens (tertiary/aromatic N) is 2. The van der Waals surface area contributed by atoms with E-state index in [0.29, 0.717) is 4.75 Å². The summed E-state index contributed by atoms with van der Waals surface area (Å²) < 4.78 is 0.366. The van der Waals surface area contributed by atoms with Crippen molar-refractivity contribution in [3.63, 3.8) is 0 Å². The van der Waals surface area contributed by atoms with Gasteiger partial charge in [-0.15, -0.1) is 0 Å². The number of aromatic nitrogens is 2. The smallest absolute Gasteiger partial charge is 0.131 e. The van der Waals surface area contributed by atoms with Gasteiger partial charge in [0.2, 0.25) is 0 Å². The molecule has 2 rings (SSSR count). The molecule has 1 aliphatic rings. The molecule has 4 nitrogen and oxygen atoms in total. The topological polar surface area (TPSA) is 49.8 Å². The average Bonchev–Trinajstić information content (AvgIpc) is 2.75. The normalized spacial score (nSPS) is 24.4. The summed E-state index contributed by atoms with van der Waals surface area (Å²) in [6, 6.07) is 1.93. The van der Waals surface area contributed by atoms with Gasteiger partial charge in [-0.3, -0.25) is 0 Å². The molecule has 0 aromatic carbocycles. The molecule has 1 aromatic heterocycles. The van der Waals surface area contributed by atoms with Crippen molar-refractivity contribution in [1.29, 1.82) is 0 Å². The number of thioether (sulfide) groups is 1. The van der Waals surface area contributed by atoms with Crippen LogP contribution >= 0.6 is 11.8 Å². The largest absolute Gasteiger partial charge is 0.373 e. The number of nitrogens with one attached hydrogen (secondary N) is 2. The third-order valence-electron chi connectivity index (χ3n) is 2.87. The van der Waals surface area contributed by atoms with E-state index in [1.165, 1.54) is 18.6 Å². The first kappa shape index (κ1) is 11.5. The molecule has 0 amide bonds. The Morgan fingerprint density at radius 2 is 2.25 bits per heavy atom. The Labute approximate surface area is 101 Å². The van der Waals surface area contributed by atoms with Crippen molar-refractivity contribution >= 4 is 23.4 Å². The van der Waals surface area contributed by atoms with Gasteiger partial charge in [0.25, 0.3) is 0 Å². The summed E-state index contributed by atoms with van der Waals surface area (Å²) in [5.41, 5.74) is 0. The Hall–Kier alpha value is -0.970. The SMILES string of the molecule is CNc1cc(NCC2(C)CCCS2)ncn1. The summed E-state index contributed by atoms with van der Waals surface area (Å²) in [4.78, 5) is 8.30. The highest BCUT2D eigenvalue weighted by Gasteiger charge is 2.29. The van der Waals surface area contributed by atoms with Gasteiger partial charge in [-0.1, -0.05) is 0 Å². The van der Waals surface area contributed by atoms with Crippen LogP contribution in [0.15, 0.2) is 12.4 Å². The van der Waals surface area contributed by atoms with Gasteiger partial charge in [0.15, 0.2) is 0 Å². The molecule has 1 unspecified atom stereocenters. The standard InChI is InChI=1S/C11H18N4S/c1-11(4-3-5-16-11)7-13-10-6-9(12-2)14-8-15-10/h6,8H,3-5,7H2,1-2H3,(H2,12,13,14,15). The molecule has 1 fully saturated rings. The van der Waals surface area contributed by atoms with Crippen LogP contribution in [0.5, 0.6) is 0 Å². The molecule has 0 spiro atoms. The second kappa shape index (κ2) is 4.91. The minimum Gasteiger partial charge on any atom is -0.373 e. The molecular formula is C11H18N4S. The summed E-state index contributed by atoms with van der Waals surface area (Å²) >= 11 is 2.05. The van der Waals surface area contributed by atoms with Crippen LogP contribution in [0.1, 0.15) is 19.8 Å². The summed E-state index contributed by atoms with van der Waals surface area (Å²) in [6.07, 6.45) is 4.20. The molecule has 1 aromatic rings. The Morgan fingerprint density at radius 3 is 2.94 bits per heavy atom. The van der Waals surface area contributed by atoms with Gasteiger partial charge in [0.05, 0.1) is 0 Å². The first-order chi connectivity index (χ1) is 7.72. The second-order valence-corrected chi connectivity index (χ2v) is 5.98. The van der Waals surface area contributed by atoms with E-state index >= 15 is 0 Å². The molecule has 0 bridgehead atoms. The summed E-state index contributed by atoms with van der Waals surface area (Å²) in [6.45, 7) is 3.29. The van der Waals surface area contributed by atoms with Crippen molar-refractivity contribution in [2.24, 2.45) is 0 Å². The van der Waals surface area contributed by atoms with Gasteiger partial charge in [-0.2, -0.15) is 11.8 Å². The summed E-state index contributed by atoms with van der Waals surface area (Å²) in [5.74, 6) is 3.03. The van der Waals surface area contributed by atoms with E-state index in [1.54, 1.807) is 6.33 Å². The number of anilines is 2. The van der Waals surface area contributed by atoms with Gasteiger partial charge in [0, 0.05) is 24.4 Å². The molecule has 2 heterocycles. The van der Waals surface area contributed by atoms with Gasteiger partial charge in [-0.05, 0) is 25.5 Å². The first-order valence-electron chi connectivity index (χ1n) is 5.59. The Morgan fingerprint density at radius 1 is 1.44 bits per heavy atom. The maximum absolute atomic E-state index is 4.21. The molecule has 0 aliphatic carbocycles. The third-order valence-corrected chi connectivity index (χ3v) is 4.41. The quantitative estimate of drug-likeness (QED) is 0.842. The predicted molar refractivity (Wildman–Crippen MR) is 70.2 cm³/mol. The van der Waals surface area contributed by atoms with Crippen molar-refractivity contribution in [1.82, 2.24) is 9.97 Å². The Kier molecular flexibility index (Phi) is 3.53. The first-order valence-corrected chi connectivity index (χ1v) is 6.58. The fraction of sp³-hybridized carbons (Fsp3) is 0.636. The molecule has 5 heteroatoms. The van der Waals surface area contributed by atoms with Crippen LogP contribution in [0, 0.1) is 0 Å². The average molecular weight is 238 g/mol. The molecule has 1 atom stereocenters. The number of hydrogen-bond donors (Lipinski definition) is 2. The summed E-state index contributed by atoms with van der Waals surface area (Å²) in [5, 5.41) is 6.40. The van der Waals surface area contributed by atoms with Crippen molar-refractivity contribution in [2.45, 2.75) is 24.5 Å². The lowest BCUT2D eigenvalue weighted by molar-refractivity contribution is 0.633. The predicted octanol–water partition coefficient (Wildman–Crippen LogP) is 2.22. The fourth-order valence-corrected chi connectivity index (χ4v) is 3.09. The Balaban J connectivity index is 1.93. The highest BCUT2D eigenvalue weighted by Crippen LogP contribution is 2.37. The van der Waals surface area contributed by atoms with E-state index < -0.39 is 0 Å². The highest BCUT2D eigenvalue weighted by atomic mass is 32.2. The lowest BCUT2D eigenvalue weighted by atomic mass is 10.1. The molecule has 88 valence electrons. The fourth-order valence-electron chi connectivity index (χ4n) is 1.84. The zero-order chi connectivity index (χ0) is 11.4. The minimum atomic E-state index is 0.366. The molecular weight excluding hydrogens is 220 g/mol. The van der Waals surface area contributed by atoms with E-state index in [2.05, 4.69) is 39.3 Å². The van der Waals surface area contributed by atoms with Crippen LogP contribution in [0.4, 0.5) is 11.6 Å². The number of rotatable bonds is 4. The van der Waals surface area contributed by atoms with Crippen LogP contribution in [0.3, 0.4) is 0 Å². The van der Waals surface area contributed by atoms with E-state index in [4.69, 9.17) is 0 Å². The maximum Gasteiger partial charge on any atom is 0.131 e. The zero-order valence-electron chi connectivity index (χ0n) is 9.79. The van der Waals surface area contributed by atoms with Crippen LogP contribution < -0.4 is 10.6 Å². The van der Waals surface area contributed by atoms with Crippen LogP contribution in [-0.4, -0.2) is 34.1 Å². The Bertz CT molecular complexity index is 350. The van der Waals surface area contributed by atoms with Crippen molar-refractivity contribution < 1.29 is 0 Å². The van der Waals surface area contributed by atoms with Crippen LogP contribution in [0.2, 0.25) is 0 Å². The number of hydrogen-bond acceptors (Lipinski definition) is 5.